The highest BCUT2D eigenvalue weighted by atomic mass is 16.6. The summed E-state index contributed by atoms with van der Waals surface area (Å²) in [6.45, 7) is 18.6. The summed E-state index contributed by atoms with van der Waals surface area (Å²) in [6.07, 6.45) is 13.4. The Bertz CT molecular complexity index is 1030. The van der Waals surface area contributed by atoms with E-state index in [9.17, 15) is 9.59 Å². The highest BCUT2D eigenvalue weighted by Crippen LogP contribution is 2.79. The molecule has 4 heteroatoms. The maximum atomic E-state index is 13.7. The molecule has 1 aliphatic heterocycles. The van der Waals surface area contributed by atoms with Gasteiger partial charge in [0.05, 0.1) is 5.41 Å². The van der Waals surface area contributed by atoms with Gasteiger partial charge in [-0.25, -0.2) is 0 Å². The summed E-state index contributed by atoms with van der Waals surface area (Å²) in [5.74, 6) is 2.27. The molecule has 6 aliphatic rings. The third-order valence-electron chi connectivity index (χ3n) is 14.1. The van der Waals surface area contributed by atoms with Gasteiger partial charge in [0.25, 0.3) is 0 Å². The lowest BCUT2D eigenvalue weighted by Gasteiger charge is -2.72. The quantitative estimate of drug-likeness (QED) is 0.287. The van der Waals surface area contributed by atoms with Crippen LogP contribution in [-0.2, 0) is 19.1 Å². The van der Waals surface area contributed by atoms with Crippen molar-refractivity contribution in [3.05, 3.63) is 12.2 Å². The van der Waals surface area contributed by atoms with Crippen LogP contribution in [0.3, 0.4) is 0 Å². The molecule has 1 saturated heterocycles. The fourth-order valence-corrected chi connectivity index (χ4v) is 11.8. The van der Waals surface area contributed by atoms with Crippen LogP contribution in [0.15, 0.2) is 12.2 Å². The van der Waals surface area contributed by atoms with Crippen LogP contribution in [0.4, 0.5) is 0 Å². The van der Waals surface area contributed by atoms with Gasteiger partial charge in [0.2, 0.25) is 0 Å². The number of rotatable bonds is 1. The first-order valence-corrected chi connectivity index (χ1v) is 14.8. The summed E-state index contributed by atoms with van der Waals surface area (Å²) in [4.78, 5) is 25.6. The number of carbonyl (C=O) groups excluding carboxylic acids is 2. The van der Waals surface area contributed by atoms with E-state index in [4.69, 9.17) is 9.47 Å². The number of hydrogen-bond donors (Lipinski definition) is 0. The van der Waals surface area contributed by atoms with E-state index < -0.39 is 5.60 Å². The molecular formula is C32H48O4. The van der Waals surface area contributed by atoms with Crippen LogP contribution < -0.4 is 0 Å². The summed E-state index contributed by atoms with van der Waals surface area (Å²) in [5, 5.41) is 0. The first kappa shape index (κ1) is 25.0. The third-order valence-corrected chi connectivity index (χ3v) is 14.1. The molecule has 1 spiro atoms. The average Bonchev–Trinajstić information content (AvgIpc) is 2.99. The minimum absolute atomic E-state index is 0.0115. The van der Waals surface area contributed by atoms with Crippen LogP contribution in [0, 0.1) is 56.7 Å². The molecule has 4 saturated carbocycles. The van der Waals surface area contributed by atoms with Crippen molar-refractivity contribution in [1.82, 2.24) is 0 Å². The molecule has 4 nitrogen and oxygen atoms in total. The SMILES string of the molecule is CC(=O)OC1CCC2(C)C(CCC3(C)C2C=CC24OC(=O)C5(CCC(C)C(C)C52)CCC34C)C1(C)C. The predicted octanol–water partition coefficient (Wildman–Crippen LogP) is 7.11. The lowest BCUT2D eigenvalue weighted by molar-refractivity contribution is -0.247. The molecule has 0 radical (unpaired) electrons. The Hall–Kier alpha value is -1.32. The fourth-order valence-electron chi connectivity index (χ4n) is 11.8. The molecule has 200 valence electrons. The third kappa shape index (κ3) is 2.58. The Kier molecular flexibility index (Phi) is 5.00. The van der Waals surface area contributed by atoms with Crippen molar-refractivity contribution in [3.8, 4) is 0 Å². The Balaban J connectivity index is 1.46. The number of allylic oxidation sites excluding steroid dienone is 1. The van der Waals surface area contributed by atoms with Crippen LogP contribution in [0.5, 0.6) is 0 Å². The van der Waals surface area contributed by atoms with Gasteiger partial charge in [-0.1, -0.05) is 54.5 Å². The van der Waals surface area contributed by atoms with Crippen LogP contribution >= 0.6 is 0 Å². The van der Waals surface area contributed by atoms with Crippen molar-refractivity contribution < 1.29 is 19.1 Å². The predicted molar refractivity (Wildman–Crippen MR) is 140 cm³/mol. The van der Waals surface area contributed by atoms with E-state index in [1.165, 1.54) is 0 Å². The number of esters is 2. The number of carbonyl (C=O) groups is 2. The average molecular weight is 497 g/mol. The number of hydrogen-bond acceptors (Lipinski definition) is 4. The van der Waals surface area contributed by atoms with Gasteiger partial charge < -0.3 is 9.47 Å². The first-order chi connectivity index (χ1) is 16.7. The van der Waals surface area contributed by atoms with Crippen LogP contribution in [-0.4, -0.2) is 23.6 Å². The maximum Gasteiger partial charge on any atom is 0.313 e. The molecule has 5 aliphatic carbocycles. The van der Waals surface area contributed by atoms with E-state index in [-0.39, 0.29) is 51.0 Å². The molecule has 36 heavy (non-hydrogen) atoms. The summed E-state index contributed by atoms with van der Waals surface area (Å²) in [5.41, 5.74) is -0.681. The molecule has 5 fully saturated rings. The van der Waals surface area contributed by atoms with E-state index in [1.54, 1.807) is 6.92 Å². The van der Waals surface area contributed by atoms with E-state index >= 15 is 0 Å². The van der Waals surface area contributed by atoms with Gasteiger partial charge in [0.15, 0.2) is 0 Å². The zero-order chi connectivity index (χ0) is 26.1. The van der Waals surface area contributed by atoms with Crippen molar-refractivity contribution in [3.63, 3.8) is 0 Å². The molecule has 11 atom stereocenters. The molecule has 0 amide bonds. The van der Waals surface area contributed by atoms with Gasteiger partial charge in [0.1, 0.15) is 11.7 Å². The van der Waals surface area contributed by atoms with Crippen molar-refractivity contribution in [1.29, 1.82) is 0 Å². The summed E-state index contributed by atoms with van der Waals surface area (Å²) in [7, 11) is 0. The summed E-state index contributed by atoms with van der Waals surface area (Å²) >= 11 is 0. The smallest absolute Gasteiger partial charge is 0.313 e. The van der Waals surface area contributed by atoms with Gasteiger partial charge in [-0.2, -0.15) is 0 Å². The zero-order valence-corrected chi connectivity index (χ0v) is 23.9. The topological polar surface area (TPSA) is 52.6 Å². The second-order valence-electron chi connectivity index (χ2n) is 15.3. The Morgan fingerprint density at radius 1 is 0.972 bits per heavy atom. The van der Waals surface area contributed by atoms with E-state index in [0.717, 1.165) is 51.4 Å². The van der Waals surface area contributed by atoms with Gasteiger partial charge in [-0.05, 0) is 91.9 Å². The van der Waals surface area contributed by atoms with E-state index in [0.29, 0.717) is 23.7 Å². The number of ether oxygens (including phenoxy) is 2. The van der Waals surface area contributed by atoms with Gasteiger partial charge in [-0.15, -0.1) is 0 Å². The summed E-state index contributed by atoms with van der Waals surface area (Å²) in [6, 6.07) is 0. The normalized spacial score (nSPS) is 56.5. The molecule has 11 unspecified atom stereocenters. The Morgan fingerprint density at radius 2 is 1.69 bits per heavy atom. The largest absolute Gasteiger partial charge is 0.462 e. The highest BCUT2D eigenvalue weighted by molar-refractivity contribution is 5.82. The molecule has 0 aromatic carbocycles. The molecule has 2 bridgehead atoms. The van der Waals surface area contributed by atoms with Crippen molar-refractivity contribution in [2.24, 2.45) is 56.7 Å². The fraction of sp³-hybridized carbons (Fsp3) is 0.875. The zero-order valence-electron chi connectivity index (χ0n) is 23.9. The van der Waals surface area contributed by atoms with Gasteiger partial charge in [0, 0.05) is 23.7 Å². The molecule has 0 aromatic heterocycles. The van der Waals surface area contributed by atoms with Crippen LogP contribution in [0.2, 0.25) is 0 Å². The van der Waals surface area contributed by atoms with E-state index in [1.807, 2.05) is 0 Å². The van der Waals surface area contributed by atoms with Gasteiger partial charge in [-0.3, -0.25) is 9.59 Å². The Morgan fingerprint density at radius 3 is 2.39 bits per heavy atom. The molecule has 6 rings (SSSR count). The monoisotopic (exact) mass is 496 g/mol. The van der Waals surface area contributed by atoms with Crippen molar-refractivity contribution in [2.45, 2.75) is 118 Å². The highest BCUT2D eigenvalue weighted by Gasteiger charge is 2.80. The second kappa shape index (κ2) is 7.20. The lowest BCUT2D eigenvalue weighted by atomic mass is 9.32. The maximum absolute atomic E-state index is 13.7. The standard InChI is InChI=1S/C32H48O4/c1-19-9-15-31-18-17-30(8)29(7)14-10-22-27(4,5)24(35-21(3)33)12-13-28(22,6)23(29)11-16-32(30,36-26(31)34)25(31)20(19)2/h11,16,19-20,22-25H,9-10,12-15,17-18H2,1-8H3. The van der Waals surface area contributed by atoms with Crippen LogP contribution in [0.1, 0.15) is 107 Å². The summed E-state index contributed by atoms with van der Waals surface area (Å²) < 4.78 is 12.6. The first-order valence-electron chi connectivity index (χ1n) is 14.8. The molecule has 1 heterocycles. The molecule has 0 aromatic rings. The Labute approximate surface area is 218 Å². The van der Waals surface area contributed by atoms with Crippen LogP contribution in [0.25, 0.3) is 0 Å². The van der Waals surface area contributed by atoms with E-state index in [2.05, 4.69) is 60.6 Å². The molecular weight excluding hydrogens is 448 g/mol. The minimum atomic E-state index is -0.477. The second-order valence-corrected chi connectivity index (χ2v) is 15.3. The van der Waals surface area contributed by atoms with Crippen molar-refractivity contribution in [2.75, 3.05) is 0 Å². The van der Waals surface area contributed by atoms with Gasteiger partial charge >= 0.3 is 11.9 Å². The van der Waals surface area contributed by atoms with Crippen molar-refractivity contribution >= 4 is 11.9 Å². The lowest BCUT2D eigenvalue weighted by Crippen LogP contribution is -2.71. The number of fused-ring (bicyclic) bond motifs is 4. The molecule has 0 N–H and O–H groups in total. The minimum Gasteiger partial charge on any atom is -0.462 e.